The van der Waals surface area contributed by atoms with Crippen LogP contribution < -0.4 is 15.4 Å². The Morgan fingerprint density at radius 3 is 2.65 bits per heavy atom. The molecule has 0 saturated carbocycles. The molecule has 7 nitrogen and oxygen atoms in total. The predicted molar refractivity (Wildman–Crippen MR) is 99.7 cm³/mol. The van der Waals surface area contributed by atoms with Crippen LogP contribution in [0.1, 0.15) is 5.56 Å². The molecule has 1 atom stereocenters. The number of rotatable bonds is 5. The highest BCUT2D eigenvalue weighted by molar-refractivity contribution is 7.92. The van der Waals surface area contributed by atoms with Gasteiger partial charge in [-0.15, -0.1) is 0 Å². The van der Waals surface area contributed by atoms with Crippen molar-refractivity contribution in [3.63, 3.8) is 0 Å². The first-order valence-corrected chi connectivity index (χ1v) is 9.76. The lowest BCUT2D eigenvalue weighted by Crippen LogP contribution is -2.45. The van der Waals surface area contributed by atoms with E-state index in [9.17, 15) is 13.2 Å². The fraction of sp³-hybridized carbons (Fsp3) is 0.278. The standard InChI is InChI=1S/C18H21N3O4S/c1-13-7-8-14(20-18(22)17-12-19-9-10-25-17)11-16(13)21-26(23,24)15-5-3-2-4-6-15/h2-8,11,17,19,21H,9-10,12H2,1H3,(H,20,22). The van der Waals surface area contributed by atoms with Crippen LogP contribution in [0.25, 0.3) is 0 Å². The summed E-state index contributed by atoms with van der Waals surface area (Å²) in [4.78, 5) is 12.4. The summed E-state index contributed by atoms with van der Waals surface area (Å²) in [7, 11) is -3.70. The second-order valence-electron chi connectivity index (χ2n) is 6.00. The van der Waals surface area contributed by atoms with Crippen LogP contribution in [0, 0.1) is 6.92 Å². The number of amides is 1. The number of aryl methyl sites for hydroxylation is 1. The molecule has 0 radical (unpaired) electrons. The Morgan fingerprint density at radius 2 is 1.96 bits per heavy atom. The molecule has 138 valence electrons. The molecule has 1 aliphatic heterocycles. The van der Waals surface area contributed by atoms with Crippen LogP contribution in [-0.4, -0.2) is 40.1 Å². The fourth-order valence-electron chi connectivity index (χ4n) is 2.57. The maximum absolute atomic E-state index is 12.5. The van der Waals surface area contributed by atoms with Crippen LogP contribution in [0.5, 0.6) is 0 Å². The molecule has 0 bridgehead atoms. The number of hydrogen-bond acceptors (Lipinski definition) is 5. The molecular weight excluding hydrogens is 354 g/mol. The minimum atomic E-state index is -3.70. The van der Waals surface area contributed by atoms with Crippen LogP contribution in [0.15, 0.2) is 53.4 Å². The lowest BCUT2D eigenvalue weighted by molar-refractivity contribution is -0.128. The van der Waals surface area contributed by atoms with Gasteiger partial charge in [0, 0.05) is 18.8 Å². The monoisotopic (exact) mass is 375 g/mol. The van der Waals surface area contributed by atoms with Crippen molar-refractivity contribution in [3.8, 4) is 0 Å². The van der Waals surface area contributed by atoms with Crippen molar-refractivity contribution in [2.45, 2.75) is 17.9 Å². The number of morpholine rings is 1. The third-order valence-electron chi connectivity index (χ3n) is 4.02. The van der Waals surface area contributed by atoms with Crippen molar-refractivity contribution >= 4 is 27.3 Å². The van der Waals surface area contributed by atoms with E-state index < -0.39 is 16.1 Å². The van der Waals surface area contributed by atoms with Gasteiger partial charge in [-0.2, -0.15) is 0 Å². The summed E-state index contributed by atoms with van der Waals surface area (Å²) in [6.45, 7) is 3.45. The number of hydrogen-bond donors (Lipinski definition) is 3. The third kappa shape index (κ3) is 4.40. The van der Waals surface area contributed by atoms with E-state index in [0.717, 1.165) is 12.1 Å². The molecule has 26 heavy (non-hydrogen) atoms. The Morgan fingerprint density at radius 1 is 1.19 bits per heavy atom. The van der Waals surface area contributed by atoms with Crippen LogP contribution in [0.3, 0.4) is 0 Å². The van der Waals surface area contributed by atoms with Gasteiger partial charge in [-0.1, -0.05) is 24.3 Å². The summed E-state index contributed by atoms with van der Waals surface area (Å²) < 4.78 is 33.0. The number of nitrogens with one attached hydrogen (secondary N) is 3. The van der Waals surface area contributed by atoms with E-state index >= 15 is 0 Å². The molecule has 1 heterocycles. The molecule has 0 spiro atoms. The average molecular weight is 375 g/mol. The zero-order chi connectivity index (χ0) is 18.6. The first kappa shape index (κ1) is 18.4. The molecular formula is C18H21N3O4S. The molecule has 1 unspecified atom stereocenters. The van der Waals surface area contributed by atoms with Crippen molar-refractivity contribution in [2.24, 2.45) is 0 Å². The summed E-state index contributed by atoms with van der Waals surface area (Å²) in [5, 5.41) is 5.86. The second-order valence-corrected chi connectivity index (χ2v) is 7.68. The average Bonchev–Trinajstić information content (AvgIpc) is 2.66. The molecule has 2 aromatic rings. The number of anilines is 2. The van der Waals surface area contributed by atoms with Gasteiger partial charge in [0.15, 0.2) is 0 Å². The van der Waals surface area contributed by atoms with Gasteiger partial charge < -0.3 is 15.4 Å². The summed E-state index contributed by atoms with van der Waals surface area (Å²) in [6.07, 6.45) is -0.561. The zero-order valence-corrected chi connectivity index (χ0v) is 15.2. The van der Waals surface area contributed by atoms with E-state index in [0.29, 0.717) is 24.5 Å². The largest absolute Gasteiger partial charge is 0.366 e. The number of carbonyl (C=O) groups is 1. The maximum Gasteiger partial charge on any atom is 0.261 e. The maximum atomic E-state index is 12.5. The Bertz CT molecular complexity index is 879. The SMILES string of the molecule is Cc1ccc(NC(=O)C2CNCCO2)cc1NS(=O)(=O)c1ccccc1. The molecule has 3 rings (SSSR count). The van der Waals surface area contributed by atoms with E-state index in [1.165, 1.54) is 12.1 Å². The van der Waals surface area contributed by atoms with E-state index in [4.69, 9.17) is 4.74 Å². The lowest BCUT2D eigenvalue weighted by Gasteiger charge is -2.23. The van der Waals surface area contributed by atoms with Gasteiger partial charge in [-0.05, 0) is 36.8 Å². The number of benzene rings is 2. The number of carbonyl (C=O) groups excluding carboxylic acids is 1. The Kier molecular flexibility index (Phi) is 5.55. The molecule has 8 heteroatoms. The molecule has 1 saturated heterocycles. The number of sulfonamides is 1. The van der Waals surface area contributed by atoms with E-state index in [-0.39, 0.29) is 10.8 Å². The summed E-state index contributed by atoms with van der Waals surface area (Å²) in [5.41, 5.74) is 1.66. The molecule has 2 aromatic carbocycles. The van der Waals surface area contributed by atoms with Crippen molar-refractivity contribution in [2.75, 3.05) is 29.7 Å². The van der Waals surface area contributed by atoms with Crippen molar-refractivity contribution in [1.29, 1.82) is 0 Å². The summed E-state index contributed by atoms with van der Waals surface area (Å²) >= 11 is 0. The van der Waals surface area contributed by atoms with Gasteiger partial charge >= 0.3 is 0 Å². The summed E-state index contributed by atoms with van der Waals surface area (Å²) in [6, 6.07) is 13.2. The van der Waals surface area contributed by atoms with Crippen molar-refractivity contribution in [1.82, 2.24) is 5.32 Å². The van der Waals surface area contributed by atoms with Gasteiger partial charge in [0.25, 0.3) is 15.9 Å². The van der Waals surface area contributed by atoms with Crippen LogP contribution >= 0.6 is 0 Å². The van der Waals surface area contributed by atoms with E-state index in [1.54, 1.807) is 43.3 Å². The molecule has 1 aliphatic rings. The highest BCUT2D eigenvalue weighted by Crippen LogP contribution is 2.23. The zero-order valence-electron chi connectivity index (χ0n) is 14.4. The van der Waals surface area contributed by atoms with Crippen LogP contribution in [-0.2, 0) is 19.6 Å². The molecule has 0 aromatic heterocycles. The predicted octanol–water partition coefficient (Wildman–Crippen LogP) is 1.72. The fourth-order valence-corrected chi connectivity index (χ4v) is 3.71. The molecule has 1 fully saturated rings. The van der Waals surface area contributed by atoms with E-state index in [1.807, 2.05) is 0 Å². The first-order valence-electron chi connectivity index (χ1n) is 8.27. The first-order chi connectivity index (χ1) is 12.5. The van der Waals surface area contributed by atoms with Gasteiger partial charge in [-0.25, -0.2) is 8.42 Å². The molecule has 0 aliphatic carbocycles. The third-order valence-corrected chi connectivity index (χ3v) is 5.40. The Hall–Kier alpha value is -2.42. The smallest absolute Gasteiger partial charge is 0.261 e. The van der Waals surface area contributed by atoms with E-state index in [2.05, 4.69) is 15.4 Å². The molecule has 3 N–H and O–H groups in total. The van der Waals surface area contributed by atoms with Gasteiger partial charge in [0.2, 0.25) is 0 Å². The van der Waals surface area contributed by atoms with Crippen molar-refractivity contribution < 1.29 is 17.9 Å². The van der Waals surface area contributed by atoms with Crippen LogP contribution in [0.4, 0.5) is 11.4 Å². The topological polar surface area (TPSA) is 96.5 Å². The quantitative estimate of drug-likeness (QED) is 0.739. The normalized spacial score (nSPS) is 17.5. The van der Waals surface area contributed by atoms with Gasteiger partial charge in [0.05, 0.1) is 17.2 Å². The van der Waals surface area contributed by atoms with Crippen LogP contribution in [0.2, 0.25) is 0 Å². The minimum absolute atomic E-state index is 0.176. The highest BCUT2D eigenvalue weighted by atomic mass is 32.2. The van der Waals surface area contributed by atoms with Gasteiger partial charge in [-0.3, -0.25) is 9.52 Å². The lowest BCUT2D eigenvalue weighted by atomic mass is 10.2. The minimum Gasteiger partial charge on any atom is -0.366 e. The van der Waals surface area contributed by atoms with Crippen molar-refractivity contribution in [3.05, 3.63) is 54.1 Å². The number of ether oxygens (including phenoxy) is 1. The van der Waals surface area contributed by atoms with Gasteiger partial charge in [0.1, 0.15) is 6.10 Å². The Balaban J connectivity index is 1.76. The second kappa shape index (κ2) is 7.86. The molecule has 1 amide bonds. The highest BCUT2D eigenvalue weighted by Gasteiger charge is 2.22. The summed E-state index contributed by atoms with van der Waals surface area (Å²) in [5.74, 6) is -0.266. The Labute approximate surface area is 152 Å².